The largest absolute Gasteiger partial charge is 0.490 e. The van der Waals surface area contributed by atoms with Gasteiger partial charge in [0, 0.05) is 6.54 Å². The summed E-state index contributed by atoms with van der Waals surface area (Å²) >= 11 is 0. The SMILES string of the molecule is O=Nc1ccc2c(c1)NCCO2. The number of fused-ring (bicyclic) bond motifs is 1. The Labute approximate surface area is 69.5 Å². The Balaban J connectivity index is 2.42. The number of nitroso groups, excluding NO2 is 1. The molecule has 0 radical (unpaired) electrons. The number of rotatable bonds is 1. The summed E-state index contributed by atoms with van der Waals surface area (Å²) in [4.78, 5) is 10.2. The molecule has 0 atom stereocenters. The third-order valence-electron chi connectivity index (χ3n) is 1.74. The smallest absolute Gasteiger partial charge is 0.142 e. The van der Waals surface area contributed by atoms with Crippen LogP contribution in [0.4, 0.5) is 11.4 Å². The fourth-order valence-electron chi connectivity index (χ4n) is 1.19. The maximum absolute atomic E-state index is 10.2. The molecule has 1 aliphatic rings. The second-order valence-corrected chi connectivity index (χ2v) is 2.55. The lowest BCUT2D eigenvalue weighted by Gasteiger charge is -2.18. The van der Waals surface area contributed by atoms with Gasteiger partial charge in [0.1, 0.15) is 18.0 Å². The first-order valence-electron chi connectivity index (χ1n) is 3.74. The molecular weight excluding hydrogens is 156 g/mol. The minimum atomic E-state index is 0.423. The number of hydrogen-bond donors (Lipinski definition) is 1. The summed E-state index contributed by atoms with van der Waals surface area (Å²) in [6, 6.07) is 5.07. The van der Waals surface area contributed by atoms with Gasteiger partial charge >= 0.3 is 0 Å². The molecule has 0 unspecified atom stereocenters. The van der Waals surface area contributed by atoms with Crippen molar-refractivity contribution < 1.29 is 4.74 Å². The molecular formula is C8H8N2O2. The van der Waals surface area contributed by atoms with Gasteiger partial charge in [-0.25, -0.2) is 0 Å². The van der Waals surface area contributed by atoms with Crippen molar-refractivity contribution in [1.29, 1.82) is 0 Å². The highest BCUT2D eigenvalue weighted by Crippen LogP contribution is 2.30. The van der Waals surface area contributed by atoms with Crippen LogP contribution in [-0.4, -0.2) is 13.2 Å². The molecule has 62 valence electrons. The standard InChI is InChI=1S/C8H8N2O2/c11-10-6-1-2-8-7(5-6)9-3-4-12-8/h1-2,5,9H,3-4H2. The van der Waals surface area contributed by atoms with Gasteiger partial charge in [0.2, 0.25) is 0 Å². The number of nitrogens with zero attached hydrogens (tertiary/aromatic N) is 1. The average Bonchev–Trinajstić information content (AvgIpc) is 2.17. The molecule has 1 aromatic rings. The fourth-order valence-corrected chi connectivity index (χ4v) is 1.19. The van der Waals surface area contributed by atoms with Crippen LogP contribution in [0.2, 0.25) is 0 Å². The Kier molecular flexibility index (Phi) is 1.66. The molecule has 0 aliphatic carbocycles. The molecule has 0 aromatic heterocycles. The summed E-state index contributed by atoms with van der Waals surface area (Å²) in [6.45, 7) is 1.44. The van der Waals surface area contributed by atoms with Crippen molar-refractivity contribution >= 4 is 11.4 Å². The first-order valence-corrected chi connectivity index (χ1v) is 3.74. The molecule has 12 heavy (non-hydrogen) atoms. The topological polar surface area (TPSA) is 50.7 Å². The molecule has 0 amide bonds. The number of nitrogens with one attached hydrogen (secondary N) is 1. The molecule has 2 rings (SSSR count). The normalized spacial score (nSPS) is 14.0. The van der Waals surface area contributed by atoms with Crippen molar-refractivity contribution in [1.82, 2.24) is 0 Å². The zero-order valence-electron chi connectivity index (χ0n) is 6.41. The van der Waals surface area contributed by atoms with Crippen molar-refractivity contribution in [3.8, 4) is 5.75 Å². The first kappa shape index (κ1) is 7.09. The molecule has 0 saturated heterocycles. The van der Waals surface area contributed by atoms with Gasteiger partial charge in [-0.2, -0.15) is 0 Å². The van der Waals surface area contributed by atoms with Gasteiger partial charge in [-0.05, 0) is 23.4 Å². The van der Waals surface area contributed by atoms with Crippen LogP contribution in [0.25, 0.3) is 0 Å². The summed E-state index contributed by atoms with van der Waals surface area (Å²) in [5.74, 6) is 0.786. The predicted octanol–water partition coefficient (Wildman–Crippen LogP) is 1.89. The third-order valence-corrected chi connectivity index (χ3v) is 1.74. The van der Waals surface area contributed by atoms with E-state index in [1.807, 2.05) is 0 Å². The summed E-state index contributed by atoms with van der Waals surface area (Å²) in [5, 5.41) is 5.95. The van der Waals surface area contributed by atoms with Crippen LogP contribution in [0.1, 0.15) is 0 Å². The van der Waals surface area contributed by atoms with E-state index in [2.05, 4.69) is 10.5 Å². The Morgan fingerprint density at radius 2 is 2.42 bits per heavy atom. The van der Waals surface area contributed by atoms with Crippen LogP contribution in [0.5, 0.6) is 5.75 Å². The van der Waals surface area contributed by atoms with Crippen LogP contribution in [0, 0.1) is 4.91 Å². The minimum absolute atomic E-state index is 0.423. The number of hydrogen-bond acceptors (Lipinski definition) is 4. The van der Waals surface area contributed by atoms with Crippen molar-refractivity contribution in [3.63, 3.8) is 0 Å². The third kappa shape index (κ3) is 1.11. The van der Waals surface area contributed by atoms with Crippen molar-refractivity contribution in [3.05, 3.63) is 23.1 Å². The molecule has 0 bridgehead atoms. The lowest BCUT2D eigenvalue weighted by Crippen LogP contribution is -2.17. The van der Waals surface area contributed by atoms with Gasteiger partial charge in [-0.3, -0.25) is 0 Å². The molecule has 1 aliphatic heterocycles. The monoisotopic (exact) mass is 164 g/mol. The summed E-state index contributed by atoms with van der Waals surface area (Å²) in [5.41, 5.74) is 1.27. The summed E-state index contributed by atoms with van der Waals surface area (Å²) in [6.07, 6.45) is 0. The van der Waals surface area contributed by atoms with E-state index in [9.17, 15) is 4.91 Å². The van der Waals surface area contributed by atoms with Crippen molar-refractivity contribution in [2.24, 2.45) is 5.18 Å². The highest BCUT2D eigenvalue weighted by atomic mass is 16.5. The summed E-state index contributed by atoms with van der Waals surface area (Å²) < 4.78 is 5.32. The Hall–Kier alpha value is -1.58. The van der Waals surface area contributed by atoms with Crippen LogP contribution < -0.4 is 10.1 Å². The molecule has 1 heterocycles. The zero-order valence-corrected chi connectivity index (χ0v) is 6.41. The Morgan fingerprint density at radius 3 is 3.25 bits per heavy atom. The van der Waals surface area contributed by atoms with Gasteiger partial charge in [-0.15, -0.1) is 4.91 Å². The highest BCUT2D eigenvalue weighted by molar-refractivity contribution is 5.63. The lowest BCUT2D eigenvalue weighted by atomic mass is 10.2. The van der Waals surface area contributed by atoms with E-state index >= 15 is 0 Å². The van der Waals surface area contributed by atoms with Crippen molar-refractivity contribution in [2.75, 3.05) is 18.5 Å². The van der Waals surface area contributed by atoms with Crippen LogP contribution in [0.3, 0.4) is 0 Å². The predicted molar refractivity (Wildman–Crippen MR) is 45.9 cm³/mol. The van der Waals surface area contributed by atoms with Crippen LogP contribution in [0.15, 0.2) is 23.4 Å². The van der Waals surface area contributed by atoms with Gasteiger partial charge in [0.05, 0.1) is 5.69 Å². The molecule has 4 nitrogen and oxygen atoms in total. The second-order valence-electron chi connectivity index (χ2n) is 2.55. The van der Waals surface area contributed by atoms with Gasteiger partial charge in [0.15, 0.2) is 0 Å². The first-order chi connectivity index (χ1) is 5.90. The highest BCUT2D eigenvalue weighted by Gasteiger charge is 2.09. The van der Waals surface area contributed by atoms with Gasteiger partial charge in [-0.1, -0.05) is 0 Å². The van der Waals surface area contributed by atoms with E-state index in [0.717, 1.165) is 18.0 Å². The van der Waals surface area contributed by atoms with Gasteiger partial charge in [0.25, 0.3) is 0 Å². The Bertz CT molecular complexity index is 312. The van der Waals surface area contributed by atoms with Crippen LogP contribution >= 0.6 is 0 Å². The molecule has 0 saturated carbocycles. The maximum Gasteiger partial charge on any atom is 0.142 e. The molecule has 1 aromatic carbocycles. The lowest BCUT2D eigenvalue weighted by molar-refractivity contribution is 0.323. The van der Waals surface area contributed by atoms with E-state index < -0.39 is 0 Å². The molecule has 4 heteroatoms. The van der Waals surface area contributed by atoms with E-state index in [0.29, 0.717) is 12.3 Å². The molecule has 1 N–H and O–H groups in total. The quantitative estimate of drug-likeness (QED) is 0.645. The van der Waals surface area contributed by atoms with E-state index in [1.165, 1.54) is 0 Å². The van der Waals surface area contributed by atoms with Crippen LogP contribution in [-0.2, 0) is 0 Å². The number of benzene rings is 1. The van der Waals surface area contributed by atoms with Gasteiger partial charge < -0.3 is 10.1 Å². The fraction of sp³-hybridized carbons (Fsp3) is 0.250. The molecule has 0 spiro atoms. The second kappa shape index (κ2) is 2.81. The van der Waals surface area contributed by atoms with E-state index in [-0.39, 0.29) is 0 Å². The number of ether oxygens (including phenoxy) is 1. The average molecular weight is 164 g/mol. The molecule has 0 fully saturated rings. The van der Waals surface area contributed by atoms with E-state index in [1.54, 1.807) is 18.2 Å². The number of anilines is 1. The Morgan fingerprint density at radius 1 is 1.50 bits per heavy atom. The zero-order chi connectivity index (χ0) is 8.39. The minimum Gasteiger partial charge on any atom is -0.490 e. The summed E-state index contributed by atoms with van der Waals surface area (Å²) in [7, 11) is 0. The maximum atomic E-state index is 10.2. The van der Waals surface area contributed by atoms with E-state index in [4.69, 9.17) is 4.74 Å². The van der Waals surface area contributed by atoms with Crippen molar-refractivity contribution in [2.45, 2.75) is 0 Å².